The highest BCUT2D eigenvalue weighted by Gasteiger charge is 2.21. The van der Waals surface area contributed by atoms with Crippen molar-refractivity contribution in [3.63, 3.8) is 0 Å². The van der Waals surface area contributed by atoms with Crippen LogP contribution in [0.5, 0.6) is 0 Å². The van der Waals surface area contributed by atoms with E-state index in [9.17, 15) is 4.79 Å². The van der Waals surface area contributed by atoms with E-state index in [1.54, 1.807) is 30.8 Å². The van der Waals surface area contributed by atoms with Gasteiger partial charge < -0.3 is 10.2 Å². The number of fused-ring (bicyclic) bond motifs is 1. The third-order valence-corrected chi connectivity index (χ3v) is 5.13. The molecule has 4 heterocycles. The molecule has 0 amide bonds. The second kappa shape index (κ2) is 5.75. The number of pyridine rings is 1. The molecule has 4 rings (SSSR count). The Morgan fingerprint density at radius 1 is 1.22 bits per heavy atom. The zero-order chi connectivity index (χ0) is 15.8. The van der Waals surface area contributed by atoms with Gasteiger partial charge in [-0.05, 0) is 12.1 Å². The van der Waals surface area contributed by atoms with Crippen LogP contribution >= 0.6 is 11.3 Å². The molecule has 0 aromatic carbocycles. The maximum atomic E-state index is 12.7. The topological polar surface area (TPSA) is 63.1 Å². The second-order valence-corrected chi connectivity index (χ2v) is 6.46. The lowest BCUT2D eigenvalue weighted by Crippen LogP contribution is -2.43. The molecule has 0 atom stereocenters. The maximum Gasteiger partial charge on any atom is 0.277 e. The lowest BCUT2D eigenvalue weighted by atomic mass is 10.1. The Bertz CT molecular complexity index is 896. The number of nitrogens with zero attached hydrogens (tertiary/aromatic N) is 4. The Kier molecular flexibility index (Phi) is 3.59. The van der Waals surface area contributed by atoms with Crippen LogP contribution in [-0.4, -0.2) is 40.9 Å². The highest BCUT2D eigenvalue weighted by molar-refractivity contribution is 7.18. The van der Waals surface area contributed by atoms with Crippen molar-refractivity contribution in [3.05, 3.63) is 40.3 Å². The number of piperazine rings is 1. The van der Waals surface area contributed by atoms with Crippen LogP contribution in [0, 0.1) is 0 Å². The predicted molar refractivity (Wildman–Crippen MR) is 93.2 cm³/mol. The summed E-state index contributed by atoms with van der Waals surface area (Å²) in [5.74, 6) is 0. The molecule has 1 N–H and O–H groups in total. The summed E-state index contributed by atoms with van der Waals surface area (Å²) in [7, 11) is 1.71. The molecule has 0 radical (unpaired) electrons. The van der Waals surface area contributed by atoms with Gasteiger partial charge in [0.25, 0.3) is 5.56 Å². The zero-order valence-corrected chi connectivity index (χ0v) is 13.6. The van der Waals surface area contributed by atoms with E-state index in [0.29, 0.717) is 0 Å². The predicted octanol–water partition coefficient (Wildman–Crippen LogP) is 1.47. The van der Waals surface area contributed by atoms with Gasteiger partial charge in [-0.25, -0.2) is 4.68 Å². The lowest BCUT2D eigenvalue weighted by molar-refractivity contribution is 0.590. The fourth-order valence-corrected chi connectivity index (χ4v) is 4.05. The van der Waals surface area contributed by atoms with E-state index in [2.05, 4.69) is 25.7 Å². The summed E-state index contributed by atoms with van der Waals surface area (Å²) in [6.07, 6.45) is 3.50. The van der Waals surface area contributed by atoms with Gasteiger partial charge in [0.1, 0.15) is 5.69 Å². The molecule has 1 saturated heterocycles. The first-order valence-corrected chi connectivity index (χ1v) is 8.48. The van der Waals surface area contributed by atoms with Crippen molar-refractivity contribution in [3.8, 4) is 11.3 Å². The molecular weight excluding hydrogens is 310 g/mol. The third kappa shape index (κ3) is 2.42. The second-order valence-electron chi connectivity index (χ2n) is 5.58. The van der Waals surface area contributed by atoms with E-state index < -0.39 is 0 Å². The number of anilines is 1. The Hall–Kier alpha value is -2.25. The van der Waals surface area contributed by atoms with Crippen molar-refractivity contribution in [2.45, 2.75) is 0 Å². The summed E-state index contributed by atoms with van der Waals surface area (Å²) >= 11 is 1.59. The Balaban J connectivity index is 1.95. The van der Waals surface area contributed by atoms with E-state index in [1.165, 1.54) is 4.68 Å². The molecule has 3 aromatic heterocycles. The van der Waals surface area contributed by atoms with Gasteiger partial charge in [0.15, 0.2) is 0 Å². The molecule has 7 heteroatoms. The molecule has 3 aromatic rings. The van der Waals surface area contributed by atoms with Crippen LogP contribution in [-0.2, 0) is 7.05 Å². The first-order valence-electron chi connectivity index (χ1n) is 7.60. The quantitative estimate of drug-likeness (QED) is 0.772. The van der Waals surface area contributed by atoms with Gasteiger partial charge in [0.05, 0.1) is 15.8 Å². The standard InChI is InChI=1S/C16H17N5OS/c1-20-16(22)13-12(21-8-6-18-7-9-21)10-23-15(13)14(19-20)11-2-4-17-5-3-11/h2-5,10,18H,6-9H2,1H3. The lowest BCUT2D eigenvalue weighted by Gasteiger charge is -2.28. The molecule has 0 spiro atoms. The Labute approximate surface area is 137 Å². The summed E-state index contributed by atoms with van der Waals surface area (Å²) in [6.45, 7) is 3.73. The van der Waals surface area contributed by atoms with Crippen LogP contribution in [0.2, 0.25) is 0 Å². The summed E-state index contributed by atoms with van der Waals surface area (Å²) in [4.78, 5) is 19.0. The number of nitrogens with one attached hydrogen (secondary N) is 1. The molecule has 0 unspecified atom stereocenters. The largest absolute Gasteiger partial charge is 0.368 e. The fraction of sp³-hybridized carbons (Fsp3) is 0.312. The van der Waals surface area contributed by atoms with E-state index >= 15 is 0 Å². The molecule has 1 aliphatic heterocycles. The molecule has 1 fully saturated rings. The van der Waals surface area contributed by atoms with Crippen molar-refractivity contribution >= 4 is 27.1 Å². The van der Waals surface area contributed by atoms with Gasteiger partial charge in [-0.1, -0.05) is 0 Å². The molecule has 0 aliphatic carbocycles. The zero-order valence-electron chi connectivity index (χ0n) is 12.8. The number of hydrogen-bond acceptors (Lipinski definition) is 6. The monoisotopic (exact) mass is 327 g/mol. The van der Waals surface area contributed by atoms with Gasteiger partial charge in [0, 0.05) is 56.6 Å². The van der Waals surface area contributed by atoms with Crippen molar-refractivity contribution in [2.24, 2.45) is 7.05 Å². The summed E-state index contributed by atoms with van der Waals surface area (Å²) in [6, 6.07) is 3.85. The molecule has 1 aliphatic rings. The van der Waals surface area contributed by atoms with Crippen LogP contribution in [0.25, 0.3) is 21.3 Å². The number of hydrogen-bond donors (Lipinski definition) is 1. The van der Waals surface area contributed by atoms with Crippen LogP contribution in [0.3, 0.4) is 0 Å². The number of rotatable bonds is 2. The minimum absolute atomic E-state index is 0.0346. The first-order chi connectivity index (χ1) is 11.3. The van der Waals surface area contributed by atoms with Crippen molar-refractivity contribution in [2.75, 3.05) is 31.1 Å². The van der Waals surface area contributed by atoms with Crippen LogP contribution in [0.1, 0.15) is 0 Å². The van der Waals surface area contributed by atoms with E-state index in [4.69, 9.17) is 0 Å². The SMILES string of the molecule is Cn1nc(-c2ccncc2)c2scc(N3CCNCC3)c2c1=O. The number of aryl methyl sites for hydroxylation is 1. The van der Waals surface area contributed by atoms with Gasteiger partial charge in [-0.2, -0.15) is 5.10 Å². The van der Waals surface area contributed by atoms with Crippen molar-refractivity contribution in [1.29, 1.82) is 0 Å². The number of aromatic nitrogens is 3. The molecule has 0 bridgehead atoms. The van der Waals surface area contributed by atoms with Gasteiger partial charge in [0.2, 0.25) is 0 Å². The Morgan fingerprint density at radius 3 is 2.70 bits per heavy atom. The average molecular weight is 327 g/mol. The van der Waals surface area contributed by atoms with Crippen LogP contribution in [0.4, 0.5) is 5.69 Å². The molecule has 118 valence electrons. The van der Waals surface area contributed by atoms with Crippen LogP contribution in [0.15, 0.2) is 34.7 Å². The summed E-state index contributed by atoms with van der Waals surface area (Å²) in [5, 5.41) is 10.7. The Morgan fingerprint density at radius 2 is 1.96 bits per heavy atom. The number of thiophene rings is 1. The molecule has 0 saturated carbocycles. The van der Waals surface area contributed by atoms with Gasteiger partial charge in [-0.3, -0.25) is 9.78 Å². The molecule has 6 nitrogen and oxygen atoms in total. The maximum absolute atomic E-state index is 12.7. The highest BCUT2D eigenvalue weighted by atomic mass is 32.1. The van der Waals surface area contributed by atoms with E-state index in [-0.39, 0.29) is 5.56 Å². The van der Waals surface area contributed by atoms with Crippen molar-refractivity contribution in [1.82, 2.24) is 20.1 Å². The minimum Gasteiger partial charge on any atom is -0.368 e. The summed E-state index contributed by atoms with van der Waals surface area (Å²) < 4.78 is 2.39. The summed E-state index contributed by atoms with van der Waals surface area (Å²) in [5.41, 5.74) is 2.82. The van der Waals surface area contributed by atoms with Crippen molar-refractivity contribution < 1.29 is 0 Å². The van der Waals surface area contributed by atoms with Crippen LogP contribution < -0.4 is 15.8 Å². The molecule has 23 heavy (non-hydrogen) atoms. The van der Waals surface area contributed by atoms with Gasteiger partial charge >= 0.3 is 0 Å². The minimum atomic E-state index is -0.0346. The highest BCUT2D eigenvalue weighted by Crippen LogP contribution is 2.35. The fourth-order valence-electron chi connectivity index (χ4n) is 2.97. The molecular formula is C16H17N5OS. The smallest absolute Gasteiger partial charge is 0.277 e. The average Bonchev–Trinajstić information content (AvgIpc) is 3.05. The normalized spacial score (nSPS) is 15.3. The van der Waals surface area contributed by atoms with E-state index in [0.717, 1.165) is 53.2 Å². The van der Waals surface area contributed by atoms with E-state index in [1.807, 2.05) is 12.1 Å². The van der Waals surface area contributed by atoms with Gasteiger partial charge in [-0.15, -0.1) is 11.3 Å². The first kappa shape index (κ1) is 14.3. The third-order valence-electron chi connectivity index (χ3n) is 4.16.